The van der Waals surface area contributed by atoms with E-state index in [1.165, 1.54) is 6.33 Å². The van der Waals surface area contributed by atoms with E-state index in [1.54, 1.807) is 41.0 Å². The van der Waals surface area contributed by atoms with E-state index in [1.807, 2.05) is 30.3 Å². The monoisotopic (exact) mass is 513 g/mol. The fraction of sp³-hybridized carbons (Fsp3) is 0.321. The van der Waals surface area contributed by atoms with E-state index in [0.29, 0.717) is 55.2 Å². The van der Waals surface area contributed by atoms with Crippen LogP contribution in [0.25, 0.3) is 0 Å². The topological polar surface area (TPSA) is 125 Å². The number of anilines is 1. The molecule has 5 rings (SSSR count). The second kappa shape index (κ2) is 11.4. The Labute approximate surface area is 221 Å². The summed E-state index contributed by atoms with van der Waals surface area (Å²) in [5.74, 6) is -0.271. The molecule has 2 aliphatic heterocycles. The number of ether oxygens (including phenoxy) is 1. The largest absolute Gasteiger partial charge is 0.383 e. The van der Waals surface area contributed by atoms with Crippen LogP contribution in [-0.4, -0.2) is 69.5 Å². The minimum atomic E-state index is -0.256. The predicted octanol–water partition coefficient (Wildman–Crippen LogP) is 2.83. The van der Waals surface area contributed by atoms with Crippen LogP contribution in [0.3, 0.4) is 0 Å². The molecule has 38 heavy (non-hydrogen) atoms. The van der Waals surface area contributed by atoms with Gasteiger partial charge in [-0.3, -0.25) is 15.0 Å². The number of benzene rings is 2. The maximum absolute atomic E-state index is 13.0. The van der Waals surface area contributed by atoms with Crippen molar-refractivity contribution >= 4 is 23.2 Å². The minimum absolute atomic E-state index is 0.0148. The minimum Gasteiger partial charge on any atom is -0.383 e. The van der Waals surface area contributed by atoms with Crippen molar-refractivity contribution in [2.75, 3.05) is 31.6 Å². The molecule has 2 amide bonds. The molecule has 0 spiro atoms. The maximum atomic E-state index is 13.0. The summed E-state index contributed by atoms with van der Waals surface area (Å²) in [6, 6.07) is 14.8. The van der Waals surface area contributed by atoms with E-state index in [4.69, 9.17) is 10.1 Å². The summed E-state index contributed by atoms with van der Waals surface area (Å²) >= 11 is 0. The van der Waals surface area contributed by atoms with Crippen LogP contribution in [0.5, 0.6) is 0 Å². The number of hydrogen-bond acceptors (Lipinski definition) is 7. The molecule has 2 aromatic carbocycles. The van der Waals surface area contributed by atoms with Gasteiger partial charge in [-0.05, 0) is 36.2 Å². The summed E-state index contributed by atoms with van der Waals surface area (Å²) in [6.45, 7) is 4.48. The Morgan fingerprint density at radius 1 is 1.16 bits per heavy atom. The van der Waals surface area contributed by atoms with Gasteiger partial charge in [0.15, 0.2) is 0 Å². The van der Waals surface area contributed by atoms with Crippen molar-refractivity contribution in [3.05, 3.63) is 89.1 Å². The second-order valence-electron chi connectivity index (χ2n) is 9.55. The molecule has 10 nitrogen and oxygen atoms in total. The number of aromatic nitrogens is 3. The van der Waals surface area contributed by atoms with E-state index < -0.39 is 0 Å². The van der Waals surface area contributed by atoms with Crippen LogP contribution < -0.4 is 10.6 Å². The molecule has 0 radical (unpaired) electrons. The van der Waals surface area contributed by atoms with Crippen LogP contribution in [0.2, 0.25) is 0 Å². The van der Waals surface area contributed by atoms with Crippen molar-refractivity contribution in [1.82, 2.24) is 25.0 Å². The summed E-state index contributed by atoms with van der Waals surface area (Å²) in [5, 5.41) is 19.6. The molecule has 1 unspecified atom stereocenters. The van der Waals surface area contributed by atoms with Crippen LogP contribution in [0.4, 0.5) is 5.69 Å². The van der Waals surface area contributed by atoms with Gasteiger partial charge in [0.2, 0.25) is 5.91 Å². The van der Waals surface area contributed by atoms with Gasteiger partial charge in [-0.25, -0.2) is 9.67 Å². The fourth-order valence-electron chi connectivity index (χ4n) is 4.70. The van der Waals surface area contributed by atoms with Gasteiger partial charge in [-0.15, -0.1) is 0 Å². The molecule has 0 saturated carbocycles. The molecule has 3 heterocycles. The Morgan fingerprint density at radius 3 is 2.68 bits per heavy atom. The van der Waals surface area contributed by atoms with Crippen molar-refractivity contribution < 1.29 is 14.3 Å². The Morgan fingerprint density at radius 2 is 1.97 bits per heavy atom. The van der Waals surface area contributed by atoms with Crippen molar-refractivity contribution in [2.45, 2.75) is 32.4 Å². The van der Waals surface area contributed by atoms with Crippen LogP contribution in [0.1, 0.15) is 41.3 Å². The van der Waals surface area contributed by atoms with Crippen molar-refractivity contribution in [2.24, 2.45) is 0 Å². The van der Waals surface area contributed by atoms with Crippen LogP contribution >= 0.6 is 0 Å². The highest BCUT2D eigenvalue weighted by Crippen LogP contribution is 2.23. The number of rotatable bonds is 8. The van der Waals surface area contributed by atoms with Crippen molar-refractivity contribution in [1.29, 1.82) is 5.41 Å². The highest BCUT2D eigenvalue weighted by molar-refractivity contribution is 6.13. The summed E-state index contributed by atoms with van der Waals surface area (Å²) in [4.78, 5) is 30.9. The first-order valence-electron chi connectivity index (χ1n) is 12.7. The smallest absolute Gasteiger partial charge is 0.255 e. The van der Waals surface area contributed by atoms with Crippen LogP contribution in [0.15, 0.2) is 72.5 Å². The molecule has 1 aromatic heterocycles. The summed E-state index contributed by atoms with van der Waals surface area (Å²) in [7, 11) is 0. The van der Waals surface area contributed by atoms with Crippen LogP contribution in [0, 0.1) is 5.41 Å². The molecule has 196 valence electrons. The molecular weight excluding hydrogens is 482 g/mol. The van der Waals surface area contributed by atoms with Crippen molar-refractivity contribution in [3.63, 3.8) is 0 Å². The SMILES string of the molecule is CC(=O)N1CCC(NC2CCOC2)=C(C(=N)c2cccc(C(=O)Nc3ccc(Cn4cncn4)cc3)c2)C1. The third kappa shape index (κ3) is 5.97. The molecule has 3 aromatic rings. The summed E-state index contributed by atoms with van der Waals surface area (Å²) < 4.78 is 7.23. The van der Waals surface area contributed by atoms with Gasteiger partial charge in [0.05, 0.1) is 24.9 Å². The van der Waals surface area contributed by atoms with E-state index in [-0.39, 0.29) is 17.9 Å². The first-order chi connectivity index (χ1) is 18.5. The molecular formula is C28H31N7O3. The number of amides is 2. The van der Waals surface area contributed by atoms with E-state index in [2.05, 4.69) is 20.7 Å². The van der Waals surface area contributed by atoms with Gasteiger partial charge in [0.1, 0.15) is 12.7 Å². The first kappa shape index (κ1) is 25.3. The third-order valence-electron chi connectivity index (χ3n) is 6.84. The third-order valence-corrected chi connectivity index (χ3v) is 6.84. The van der Waals surface area contributed by atoms with Gasteiger partial charge in [-0.1, -0.05) is 24.3 Å². The molecule has 10 heteroatoms. The Bertz CT molecular complexity index is 1340. The predicted molar refractivity (Wildman–Crippen MR) is 143 cm³/mol. The van der Waals surface area contributed by atoms with E-state index >= 15 is 0 Å². The Balaban J connectivity index is 1.31. The van der Waals surface area contributed by atoms with Crippen molar-refractivity contribution in [3.8, 4) is 0 Å². The molecule has 0 aliphatic carbocycles. The zero-order valence-electron chi connectivity index (χ0n) is 21.3. The highest BCUT2D eigenvalue weighted by atomic mass is 16.5. The first-order valence-corrected chi connectivity index (χ1v) is 12.7. The average molecular weight is 514 g/mol. The Hall–Kier alpha value is -4.31. The molecule has 2 aliphatic rings. The Kier molecular flexibility index (Phi) is 7.60. The summed E-state index contributed by atoms with van der Waals surface area (Å²) in [5.41, 5.74) is 4.86. The van der Waals surface area contributed by atoms with Gasteiger partial charge in [0, 0.05) is 61.1 Å². The lowest BCUT2D eigenvalue weighted by atomic mass is 9.94. The number of carbonyl (C=O) groups is 2. The molecule has 3 N–H and O–H groups in total. The lowest BCUT2D eigenvalue weighted by molar-refractivity contribution is -0.128. The number of nitrogens with one attached hydrogen (secondary N) is 3. The fourth-order valence-corrected chi connectivity index (χ4v) is 4.70. The maximum Gasteiger partial charge on any atom is 0.255 e. The van der Waals surface area contributed by atoms with E-state index in [9.17, 15) is 9.59 Å². The summed E-state index contributed by atoms with van der Waals surface area (Å²) in [6.07, 6.45) is 4.72. The zero-order chi connectivity index (χ0) is 26.5. The lowest BCUT2D eigenvalue weighted by Gasteiger charge is -2.32. The molecule has 1 saturated heterocycles. The normalized spacial score (nSPS) is 17.4. The van der Waals surface area contributed by atoms with Gasteiger partial charge in [0.25, 0.3) is 5.91 Å². The highest BCUT2D eigenvalue weighted by Gasteiger charge is 2.27. The van der Waals surface area contributed by atoms with Gasteiger partial charge >= 0.3 is 0 Å². The molecule has 0 bridgehead atoms. The molecule has 1 fully saturated rings. The molecule has 1 atom stereocenters. The second-order valence-corrected chi connectivity index (χ2v) is 9.55. The standard InChI is InChI=1S/C28H31N7O3/c1-19(36)34-11-9-26(32-24-10-12-38-16-24)25(15-34)27(29)21-3-2-4-22(13-21)28(37)33-23-7-5-20(6-8-23)14-35-18-30-17-31-35/h2-8,13,17-18,24,29,32H,9-12,14-16H2,1H3,(H,33,37). The van der Waals surface area contributed by atoms with E-state index in [0.717, 1.165) is 29.9 Å². The van der Waals surface area contributed by atoms with Crippen LogP contribution in [-0.2, 0) is 16.1 Å². The van der Waals surface area contributed by atoms with Gasteiger partial charge in [-0.2, -0.15) is 5.10 Å². The number of nitrogens with zero attached hydrogens (tertiary/aromatic N) is 4. The average Bonchev–Trinajstić information content (AvgIpc) is 3.64. The number of hydrogen-bond donors (Lipinski definition) is 3. The lowest BCUT2D eigenvalue weighted by Crippen LogP contribution is -2.42. The van der Waals surface area contributed by atoms with Gasteiger partial charge < -0.3 is 20.3 Å². The number of carbonyl (C=O) groups excluding carboxylic acids is 2. The quantitative estimate of drug-likeness (QED) is 0.398. The zero-order valence-corrected chi connectivity index (χ0v) is 21.3.